The molecule has 2 N–H and O–H groups in total. The van der Waals surface area contributed by atoms with Crippen molar-refractivity contribution in [1.29, 1.82) is 0 Å². The molecule has 0 aliphatic carbocycles. The number of nitro benzene ring substituents is 1. The second kappa shape index (κ2) is 5.99. The molecule has 0 saturated carbocycles. The second-order valence-corrected chi connectivity index (χ2v) is 4.72. The van der Waals surface area contributed by atoms with Crippen LogP contribution in [0.1, 0.15) is 24.9 Å². The smallest absolute Gasteiger partial charge is 0.311 e. The van der Waals surface area contributed by atoms with Crippen LogP contribution < -0.4 is 5.32 Å². The molecule has 0 amide bonds. The Morgan fingerprint density at radius 2 is 2.16 bits per heavy atom. The zero-order valence-corrected chi connectivity index (χ0v) is 11.0. The quantitative estimate of drug-likeness (QED) is 0.639. The van der Waals surface area contributed by atoms with Gasteiger partial charge in [-0.15, -0.1) is 0 Å². The van der Waals surface area contributed by atoms with Gasteiger partial charge in [-0.05, 0) is 18.1 Å². The van der Waals surface area contributed by atoms with Gasteiger partial charge in [0.05, 0.1) is 4.92 Å². The fraction of sp³-hybridized carbons (Fsp3) is 0.538. The van der Waals surface area contributed by atoms with Gasteiger partial charge in [0.25, 0.3) is 0 Å². The molecule has 1 fully saturated rings. The van der Waals surface area contributed by atoms with Crippen LogP contribution in [0.3, 0.4) is 0 Å². The van der Waals surface area contributed by atoms with Crippen LogP contribution in [0, 0.1) is 10.1 Å². The first-order chi connectivity index (χ1) is 9.13. The summed E-state index contributed by atoms with van der Waals surface area (Å²) in [7, 11) is 0. The number of phenolic OH excluding ortho intramolecular Hbond substituents is 1. The lowest BCUT2D eigenvalue weighted by atomic mass is 10.0. The molecule has 1 aromatic rings. The van der Waals surface area contributed by atoms with E-state index in [2.05, 4.69) is 17.1 Å². The summed E-state index contributed by atoms with van der Waals surface area (Å²) < 4.78 is 0. The first-order valence-corrected chi connectivity index (χ1v) is 6.55. The fourth-order valence-electron chi connectivity index (χ4n) is 2.59. The molecule has 1 aliphatic heterocycles. The largest absolute Gasteiger partial charge is 0.502 e. The Morgan fingerprint density at radius 1 is 1.47 bits per heavy atom. The summed E-state index contributed by atoms with van der Waals surface area (Å²) in [5.41, 5.74) is 0.681. The Bertz CT molecular complexity index is 458. The van der Waals surface area contributed by atoms with Gasteiger partial charge >= 0.3 is 5.69 Å². The van der Waals surface area contributed by atoms with Gasteiger partial charge in [0, 0.05) is 38.3 Å². The molecule has 1 aromatic carbocycles. The van der Waals surface area contributed by atoms with Gasteiger partial charge in [-0.2, -0.15) is 0 Å². The van der Waals surface area contributed by atoms with Crippen LogP contribution in [0.4, 0.5) is 5.69 Å². The first kappa shape index (κ1) is 13.8. The highest BCUT2D eigenvalue weighted by Gasteiger charge is 2.23. The van der Waals surface area contributed by atoms with Crippen molar-refractivity contribution < 1.29 is 10.0 Å². The Kier molecular flexibility index (Phi) is 4.34. The van der Waals surface area contributed by atoms with Gasteiger partial charge in [0.1, 0.15) is 0 Å². The average Bonchev–Trinajstić information content (AvgIpc) is 2.42. The highest BCUT2D eigenvalue weighted by molar-refractivity contribution is 5.48. The summed E-state index contributed by atoms with van der Waals surface area (Å²) >= 11 is 0. The van der Waals surface area contributed by atoms with Crippen molar-refractivity contribution in [2.24, 2.45) is 0 Å². The molecule has 104 valence electrons. The number of hydrogen-bond acceptors (Lipinski definition) is 5. The van der Waals surface area contributed by atoms with E-state index < -0.39 is 4.92 Å². The highest BCUT2D eigenvalue weighted by atomic mass is 16.6. The predicted molar refractivity (Wildman–Crippen MR) is 72.2 cm³/mol. The third-order valence-corrected chi connectivity index (χ3v) is 3.56. The molecule has 0 bridgehead atoms. The summed E-state index contributed by atoms with van der Waals surface area (Å²) in [6.07, 6.45) is 0.891. The number of benzene rings is 1. The molecule has 0 spiro atoms. The summed E-state index contributed by atoms with van der Waals surface area (Å²) in [6.45, 7) is 5.83. The predicted octanol–water partition coefficient (Wildman–Crippen LogP) is 1.66. The number of hydrogen-bond donors (Lipinski definition) is 2. The van der Waals surface area contributed by atoms with E-state index in [1.807, 2.05) is 0 Å². The van der Waals surface area contributed by atoms with E-state index in [0.29, 0.717) is 0 Å². The maximum Gasteiger partial charge on any atom is 0.311 e. The average molecular weight is 265 g/mol. The number of nitrogens with one attached hydrogen (secondary N) is 1. The lowest BCUT2D eigenvalue weighted by Gasteiger charge is -2.34. The molecular weight excluding hydrogens is 246 g/mol. The molecule has 1 heterocycles. The Labute approximate surface area is 112 Å². The molecule has 6 nitrogen and oxygen atoms in total. The molecule has 1 aliphatic rings. The van der Waals surface area contributed by atoms with Crippen LogP contribution in [0.15, 0.2) is 18.2 Å². The minimum absolute atomic E-state index is 0.168. The Morgan fingerprint density at radius 3 is 2.74 bits per heavy atom. The van der Waals surface area contributed by atoms with Crippen molar-refractivity contribution in [3.63, 3.8) is 0 Å². The maximum absolute atomic E-state index is 10.9. The molecule has 2 rings (SSSR count). The lowest BCUT2D eigenvalue weighted by molar-refractivity contribution is -0.386. The van der Waals surface area contributed by atoms with Crippen LogP contribution in [-0.4, -0.2) is 41.1 Å². The van der Waals surface area contributed by atoms with Crippen molar-refractivity contribution in [2.75, 3.05) is 26.2 Å². The van der Waals surface area contributed by atoms with E-state index in [1.54, 1.807) is 6.07 Å². The van der Waals surface area contributed by atoms with Gasteiger partial charge in [-0.25, -0.2) is 0 Å². The zero-order chi connectivity index (χ0) is 13.8. The van der Waals surface area contributed by atoms with E-state index >= 15 is 0 Å². The third-order valence-electron chi connectivity index (χ3n) is 3.56. The number of aromatic hydroxyl groups is 1. The number of rotatable bonds is 4. The number of phenols is 1. The molecule has 6 heteroatoms. The van der Waals surface area contributed by atoms with Crippen LogP contribution in [0.5, 0.6) is 5.75 Å². The normalized spacial score (nSPS) is 18.2. The minimum Gasteiger partial charge on any atom is -0.502 e. The lowest BCUT2D eigenvalue weighted by Crippen LogP contribution is -2.45. The summed E-state index contributed by atoms with van der Waals surface area (Å²) in [4.78, 5) is 12.7. The van der Waals surface area contributed by atoms with Crippen molar-refractivity contribution in [3.8, 4) is 5.75 Å². The molecule has 0 aromatic heterocycles. The van der Waals surface area contributed by atoms with Gasteiger partial charge < -0.3 is 10.4 Å². The van der Waals surface area contributed by atoms with Gasteiger partial charge in [0.15, 0.2) is 5.75 Å². The fourth-order valence-corrected chi connectivity index (χ4v) is 2.59. The van der Waals surface area contributed by atoms with Gasteiger partial charge in [0.2, 0.25) is 0 Å². The monoisotopic (exact) mass is 265 g/mol. The second-order valence-electron chi connectivity index (χ2n) is 4.72. The van der Waals surface area contributed by atoms with Crippen molar-refractivity contribution >= 4 is 5.69 Å². The van der Waals surface area contributed by atoms with E-state index in [1.165, 1.54) is 12.1 Å². The van der Waals surface area contributed by atoms with Gasteiger partial charge in [-0.3, -0.25) is 15.0 Å². The standard InChI is InChI=1S/C13H19N3O3/c1-2-11(15-7-5-14-6-8-15)10-3-4-13(17)12(9-10)16(18)19/h3-4,9,11,14,17H,2,5-8H2,1H3/t11-/m1/s1. The maximum atomic E-state index is 10.9. The number of piperazine rings is 1. The van der Waals surface area contributed by atoms with E-state index in [4.69, 9.17) is 0 Å². The molecular formula is C13H19N3O3. The topological polar surface area (TPSA) is 78.6 Å². The third kappa shape index (κ3) is 3.02. The van der Waals surface area contributed by atoms with Crippen LogP contribution in [0.2, 0.25) is 0 Å². The van der Waals surface area contributed by atoms with Crippen molar-refractivity contribution in [2.45, 2.75) is 19.4 Å². The molecule has 0 radical (unpaired) electrons. The molecule has 1 atom stereocenters. The molecule has 0 unspecified atom stereocenters. The Hall–Kier alpha value is -1.66. The van der Waals surface area contributed by atoms with Crippen molar-refractivity contribution in [1.82, 2.24) is 10.2 Å². The molecule has 19 heavy (non-hydrogen) atoms. The minimum atomic E-state index is -0.538. The summed E-state index contributed by atoms with van der Waals surface area (Å²) in [5.74, 6) is -0.274. The van der Waals surface area contributed by atoms with Crippen LogP contribution >= 0.6 is 0 Å². The summed E-state index contributed by atoms with van der Waals surface area (Å²) in [6, 6.07) is 4.85. The number of nitro groups is 1. The van der Waals surface area contributed by atoms with Gasteiger partial charge in [-0.1, -0.05) is 13.0 Å². The zero-order valence-electron chi connectivity index (χ0n) is 11.0. The van der Waals surface area contributed by atoms with E-state index in [-0.39, 0.29) is 17.5 Å². The Balaban J connectivity index is 2.27. The SMILES string of the molecule is CC[C@H](c1ccc(O)c([N+](=O)[O-])c1)N1CCNCC1. The molecule has 1 saturated heterocycles. The van der Waals surface area contributed by atoms with Crippen LogP contribution in [0.25, 0.3) is 0 Å². The van der Waals surface area contributed by atoms with Crippen molar-refractivity contribution in [3.05, 3.63) is 33.9 Å². The summed E-state index contributed by atoms with van der Waals surface area (Å²) in [5, 5.41) is 23.7. The number of nitrogens with zero attached hydrogens (tertiary/aromatic N) is 2. The van der Waals surface area contributed by atoms with E-state index in [0.717, 1.165) is 38.2 Å². The van der Waals surface area contributed by atoms with Crippen LogP contribution in [-0.2, 0) is 0 Å². The first-order valence-electron chi connectivity index (χ1n) is 6.55. The highest BCUT2D eigenvalue weighted by Crippen LogP contribution is 2.32. The van der Waals surface area contributed by atoms with E-state index in [9.17, 15) is 15.2 Å².